The van der Waals surface area contributed by atoms with Gasteiger partial charge in [-0.2, -0.15) is 0 Å². The van der Waals surface area contributed by atoms with Gasteiger partial charge < -0.3 is 14.8 Å². The lowest BCUT2D eigenvalue weighted by atomic mass is 10.3. The van der Waals surface area contributed by atoms with Crippen molar-refractivity contribution in [1.29, 1.82) is 0 Å². The van der Waals surface area contributed by atoms with Crippen molar-refractivity contribution >= 4 is 11.3 Å². The van der Waals surface area contributed by atoms with Crippen molar-refractivity contribution < 1.29 is 9.47 Å². The molecular weight excluding hydrogens is 210 g/mol. The highest BCUT2D eigenvalue weighted by Gasteiger charge is 2.03. The molecule has 1 aromatic rings. The molecule has 4 heteroatoms. The molecule has 0 aromatic carbocycles. The SMILES string of the molecule is COCCOCCN[C@H](C)c1cccs1. The number of hydrogen-bond donors (Lipinski definition) is 1. The van der Waals surface area contributed by atoms with Crippen LogP contribution in [0.1, 0.15) is 17.8 Å². The maximum absolute atomic E-state index is 5.36. The summed E-state index contributed by atoms with van der Waals surface area (Å²) < 4.78 is 10.2. The normalized spacial score (nSPS) is 12.9. The molecule has 0 aliphatic heterocycles. The third-order valence-electron chi connectivity index (χ3n) is 2.10. The lowest BCUT2D eigenvalue weighted by Crippen LogP contribution is -2.23. The van der Waals surface area contributed by atoms with E-state index in [9.17, 15) is 0 Å². The summed E-state index contributed by atoms with van der Waals surface area (Å²) in [4.78, 5) is 1.37. The van der Waals surface area contributed by atoms with Crippen LogP contribution in [-0.2, 0) is 9.47 Å². The highest BCUT2D eigenvalue weighted by molar-refractivity contribution is 7.10. The maximum Gasteiger partial charge on any atom is 0.0700 e. The van der Waals surface area contributed by atoms with E-state index in [4.69, 9.17) is 9.47 Å². The number of nitrogens with one attached hydrogen (secondary N) is 1. The zero-order valence-electron chi connectivity index (χ0n) is 9.36. The van der Waals surface area contributed by atoms with Crippen LogP contribution in [0.5, 0.6) is 0 Å². The van der Waals surface area contributed by atoms with Crippen molar-refractivity contribution in [1.82, 2.24) is 5.32 Å². The van der Waals surface area contributed by atoms with Gasteiger partial charge in [0.1, 0.15) is 0 Å². The van der Waals surface area contributed by atoms with Gasteiger partial charge in [-0.1, -0.05) is 6.07 Å². The molecule has 0 spiro atoms. The van der Waals surface area contributed by atoms with Gasteiger partial charge >= 0.3 is 0 Å². The molecule has 0 saturated carbocycles. The number of hydrogen-bond acceptors (Lipinski definition) is 4. The van der Waals surface area contributed by atoms with Crippen molar-refractivity contribution in [3.8, 4) is 0 Å². The van der Waals surface area contributed by atoms with E-state index in [1.54, 1.807) is 18.4 Å². The summed E-state index contributed by atoms with van der Waals surface area (Å²) in [6.07, 6.45) is 0. The monoisotopic (exact) mass is 229 g/mol. The topological polar surface area (TPSA) is 30.5 Å². The fourth-order valence-corrected chi connectivity index (χ4v) is 1.99. The molecule has 0 amide bonds. The Morgan fingerprint density at radius 3 is 2.93 bits per heavy atom. The van der Waals surface area contributed by atoms with E-state index < -0.39 is 0 Å². The van der Waals surface area contributed by atoms with Crippen LogP contribution in [0.4, 0.5) is 0 Å². The van der Waals surface area contributed by atoms with Crippen LogP contribution in [0.3, 0.4) is 0 Å². The summed E-state index contributed by atoms with van der Waals surface area (Å²) in [6, 6.07) is 4.64. The fraction of sp³-hybridized carbons (Fsp3) is 0.636. The Morgan fingerprint density at radius 1 is 1.40 bits per heavy atom. The van der Waals surface area contributed by atoms with Crippen molar-refractivity contribution in [2.75, 3.05) is 33.5 Å². The Morgan fingerprint density at radius 2 is 2.27 bits per heavy atom. The van der Waals surface area contributed by atoms with Gasteiger partial charge in [-0.15, -0.1) is 11.3 Å². The summed E-state index contributed by atoms with van der Waals surface area (Å²) in [6.45, 7) is 5.12. The molecule has 1 rings (SSSR count). The number of thiophene rings is 1. The van der Waals surface area contributed by atoms with E-state index in [2.05, 4.69) is 29.8 Å². The Labute approximate surface area is 95.4 Å². The van der Waals surface area contributed by atoms with E-state index in [1.807, 2.05) is 0 Å². The molecule has 86 valence electrons. The summed E-state index contributed by atoms with van der Waals surface area (Å²) in [5, 5.41) is 5.51. The van der Waals surface area contributed by atoms with E-state index in [0.717, 1.165) is 13.2 Å². The molecule has 0 unspecified atom stereocenters. The predicted octanol–water partition coefficient (Wildman–Crippen LogP) is 2.06. The van der Waals surface area contributed by atoms with Gasteiger partial charge in [0.15, 0.2) is 0 Å². The van der Waals surface area contributed by atoms with Crippen LogP contribution in [0.15, 0.2) is 17.5 Å². The second-order valence-corrected chi connectivity index (χ2v) is 4.28. The smallest absolute Gasteiger partial charge is 0.0700 e. The average Bonchev–Trinajstić information content (AvgIpc) is 2.76. The van der Waals surface area contributed by atoms with Crippen LogP contribution >= 0.6 is 11.3 Å². The second kappa shape index (κ2) is 7.82. The minimum Gasteiger partial charge on any atom is -0.382 e. The molecule has 0 aliphatic carbocycles. The Hall–Kier alpha value is -0.420. The molecule has 3 nitrogen and oxygen atoms in total. The van der Waals surface area contributed by atoms with Gasteiger partial charge in [-0.05, 0) is 18.4 Å². The minimum absolute atomic E-state index is 0.413. The summed E-state index contributed by atoms with van der Waals surface area (Å²) in [5.41, 5.74) is 0. The van der Waals surface area contributed by atoms with Crippen molar-refractivity contribution in [3.05, 3.63) is 22.4 Å². The van der Waals surface area contributed by atoms with E-state index in [-0.39, 0.29) is 0 Å². The first-order chi connectivity index (χ1) is 7.34. The molecule has 0 bridgehead atoms. The molecule has 15 heavy (non-hydrogen) atoms. The highest BCUT2D eigenvalue weighted by Crippen LogP contribution is 2.17. The molecule has 1 N–H and O–H groups in total. The van der Waals surface area contributed by atoms with E-state index >= 15 is 0 Å². The standard InChI is InChI=1S/C11H19NO2S/c1-10(11-4-3-9-15-11)12-5-6-14-8-7-13-2/h3-4,9-10,12H,5-8H2,1-2H3/t10-/m1/s1. The molecule has 1 atom stereocenters. The largest absolute Gasteiger partial charge is 0.382 e. The molecular formula is C11H19NO2S. The molecule has 0 aliphatic rings. The summed E-state index contributed by atoms with van der Waals surface area (Å²) >= 11 is 1.78. The van der Waals surface area contributed by atoms with Crippen LogP contribution in [0, 0.1) is 0 Å². The fourth-order valence-electron chi connectivity index (χ4n) is 1.23. The van der Waals surface area contributed by atoms with Crippen LogP contribution in [0.25, 0.3) is 0 Å². The quantitative estimate of drug-likeness (QED) is 0.692. The van der Waals surface area contributed by atoms with Gasteiger partial charge in [-0.25, -0.2) is 0 Å². The molecule has 1 aromatic heterocycles. The first-order valence-corrected chi connectivity index (χ1v) is 6.06. The lowest BCUT2D eigenvalue weighted by Gasteiger charge is -2.11. The Kier molecular flexibility index (Phi) is 6.59. The Bertz CT molecular complexity index is 239. The van der Waals surface area contributed by atoms with Gasteiger partial charge in [0, 0.05) is 24.6 Å². The molecule has 1 heterocycles. The van der Waals surface area contributed by atoms with Crippen molar-refractivity contribution in [2.24, 2.45) is 0 Å². The third-order valence-corrected chi connectivity index (χ3v) is 3.15. The molecule has 0 saturated heterocycles. The van der Waals surface area contributed by atoms with Crippen molar-refractivity contribution in [3.63, 3.8) is 0 Å². The molecule has 0 fully saturated rings. The minimum atomic E-state index is 0.413. The van der Waals surface area contributed by atoms with E-state index in [1.165, 1.54) is 4.88 Å². The average molecular weight is 229 g/mol. The number of rotatable bonds is 8. The van der Waals surface area contributed by atoms with Gasteiger partial charge in [0.05, 0.1) is 19.8 Å². The summed E-state index contributed by atoms with van der Waals surface area (Å²) in [7, 11) is 1.68. The lowest BCUT2D eigenvalue weighted by molar-refractivity contribution is 0.0712. The van der Waals surface area contributed by atoms with Crippen LogP contribution in [-0.4, -0.2) is 33.5 Å². The Balaban J connectivity index is 2.00. The van der Waals surface area contributed by atoms with Gasteiger partial charge in [0.25, 0.3) is 0 Å². The van der Waals surface area contributed by atoms with Crippen LogP contribution in [0.2, 0.25) is 0 Å². The van der Waals surface area contributed by atoms with Gasteiger partial charge in [0.2, 0.25) is 0 Å². The second-order valence-electron chi connectivity index (χ2n) is 3.30. The zero-order chi connectivity index (χ0) is 10.9. The first kappa shape index (κ1) is 12.6. The molecule has 0 radical (unpaired) electrons. The highest BCUT2D eigenvalue weighted by atomic mass is 32.1. The van der Waals surface area contributed by atoms with E-state index in [0.29, 0.717) is 19.3 Å². The predicted molar refractivity (Wildman–Crippen MR) is 63.4 cm³/mol. The third kappa shape index (κ3) is 5.28. The number of ether oxygens (including phenoxy) is 2. The maximum atomic E-state index is 5.36. The first-order valence-electron chi connectivity index (χ1n) is 5.18. The van der Waals surface area contributed by atoms with Crippen LogP contribution < -0.4 is 5.32 Å². The van der Waals surface area contributed by atoms with Crippen molar-refractivity contribution in [2.45, 2.75) is 13.0 Å². The number of methoxy groups -OCH3 is 1. The summed E-state index contributed by atoms with van der Waals surface area (Å²) in [5.74, 6) is 0. The zero-order valence-corrected chi connectivity index (χ0v) is 10.2. The van der Waals surface area contributed by atoms with Gasteiger partial charge in [-0.3, -0.25) is 0 Å².